The van der Waals surface area contributed by atoms with E-state index < -0.39 is 0 Å². The van der Waals surface area contributed by atoms with Crippen LogP contribution in [0.15, 0.2) is 24.3 Å². The first-order valence-electron chi connectivity index (χ1n) is 7.44. The molecule has 6 heteroatoms. The summed E-state index contributed by atoms with van der Waals surface area (Å²) < 4.78 is 0. The number of nitrogens with zero attached hydrogens (tertiary/aromatic N) is 1. The van der Waals surface area contributed by atoms with Crippen molar-refractivity contribution in [3.05, 3.63) is 35.4 Å². The summed E-state index contributed by atoms with van der Waals surface area (Å²) in [5.74, 6) is 0.760. The van der Waals surface area contributed by atoms with Crippen molar-refractivity contribution in [2.45, 2.75) is 32.9 Å². The van der Waals surface area contributed by atoms with Crippen LogP contribution in [0.25, 0.3) is 0 Å². The van der Waals surface area contributed by atoms with Crippen molar-refractivity contribution in [1.29, 1.82) is 0 Å². The Morgan fingerprint density at radius 1 is 1.18 bits per heavy atom. The van der Waals surface area contributed by atoms with Gasteiger partial charge in [-0.15, -0.1) is 24.8 Å². The number of hydrogen-bond acceptors (Lipinski definition) is 3. The summed E-state index contributed by atoms with van der Waals surface area (Å²) in [7, 11) is 0. The third kappa shape index (κ3) is 6.97. The maximum atomic E-state index is 11.1. The molecular weight excluding hydrogens is 321 g/mol. The average Bonchev–Trinajstić information content (AvgIpc) is 2.48. The molecule has 1 aliphatic heterocycles. The van der Waals surface area contributed by atoms with Crippen LogP contribution < -0.4 is 11.1 Å². The van der Waals surface area contributed by atoms with Crippen LogP contribution in [0, 0.1) is 5.92 Å². The number of nitrogens with one attached hydrogen (secondary N) is 1. The molecule has 4 nitrogen and oxygen atoms in total. The van der Waals surface area contributed by atoms with Gasteiger partial charge in [-0.2, -0.15) is 0 Å². The molecule has 1 aromatic carbocycles. The maximum Gasteiger partial charge on any atom is 0.234 e. The summed E-state index contributed by atoms with van der Waals surface area (Å²) in [5, 5.41) is 2.78. The van der Waals surface area contributed by atoms with Crippen molar-refractivity contribution in [3.63, 3.8) is 0 Å². The van der Waals surface area contributed by atoms with Crippen molar-refractivity contribution in [1.82, 2.24) is 10.2 Å². The van der Waals surface area contributed by atoms with Crippen molar-refractivity contribution in [2.24, 2.45) is 11.7 Å². The van der Waals surface area contributed by atoms with Crippen LogP contribution in [0.5, 0.6) is 0 Å². The van der Waals surface area contributed by atoms with Gasteiger partial charge in [-0.3, -0.25) is 9.69 Å². The molecule has 0 unspecified atom stereocenters. The smallest absolute Gasteiger partial charge is 0.234 e. The fraction of sp³-hybridized carbons (Fsp3) is 0.562. The number of nitrogens with two attached hydrogens (primary N) is 1. The van der Waals surface area contributed by atoms with Gasteiger partial charge in [0.25, 0.3) is 0 Å². The summed E-state index contributed by atoms with van der Waals surface area (Å²) in [6.07, 6.45) is 2.62. The number of benzene rings is 1. The van der Waals surface area contributed by atoms with Gasteiger partial charge < -0.3 is 11.1 Å². The third-order valence-electron chi connectivity index (χ3n) is 3.98. The lowest BCUT2D eigenvalue weighted by Crippen LogP contribution is -2.32. The number of halogens is 2. The number of piperidine rings is 1. The SMILES string of the molecule is CC1CCN(Cc2ccc(CNC(=O)CN)cc2)CC1.Cl.Cl. The molecule has 126 valence electrons. The number of hydrogen-bond donors (Lipinski definition) is 2. The largest absolute Gasteiger partial charge is 0.351 e. The summed E-state index contributed by atoms with van der Waals surface area (Å²) >= 11 is 0. The molecule has 1 heterocycles. The van der Waals surface area contributed by atoms with Crippen LogP contribution in [0.1, 0.15) is 30.9 Å². The number of rotatable bonds is 5. The van der Waals surface area contributed by atoms with Gasteiger partial charge in [0.15, 0.2) is 0 Å². The van der Waals surface area contributed by atoms with E-state index in [1.165, 1.54) is 31.5 Å². The molecule has 22 heavy (non-hydrogen) atoms. The molecule has 1 aromatic rings. The van der Waals surface area contributed by atoms with Gasteiger partial charge in [-0.05, 0) is 43.0 Å². The van der Waals surface area contributed by atoms with Gasteiger partial charge in [-0.25, -0.2) is 0 Å². The van der Waals surface area contributed by atoms with Gasteiger partial charge in [0, 0.05) is 13.1 Å². The average molecular weight is 348 g/mol. The Labute approximate surface area is 145 Å². The predicted molar refractivity (Wildman–Crippen MR) is 95.5 cm³/mol. The Morgan fingerprint density at radius 2 is 1.73 bits per heavy atom. The normalized spacial score (nSPS) is 15.5. The van der Waals surface area contributed by atoms with Crippen LogP contribution in [-0.2, 0) is 17.9 Å². The van der Waals surface area contributed by atoms with E-state index in [-0.39, 0.29) is 37.3 Å². The molecule has 3 N–H and O–H groups in total. The molecule has 0 bridgehead atoms. The Kier molecular flexibility index (Phi) is 10.4. The molecule has 0 spiro atoms. The van der Waals surface area contributed by atoms with Crippen molar-refractivity contribution in [2.75, 3.05) is 19.6 Å². The van der Waals surface area contributed by atoms with Gasteiger partial charge in [0.2, 0.25) is 5.91 Å². The summed E-state index contributed by atoms with van der Waals surface area (Å²) in [6, 6.07) is 8.47. The molecule has 0 radical (unpaired) electrons. The zero-order valence-corrected chi connectivity index (χ0v) is 14.7. The predicted octanol–water partition coefficient (Wildman–Crippen LogP) is 2.34. The van der Waals surface area contributed by atoms with Gasteiger partial charge in [-0.1, -0.05) is 31.2 Å². The van der Waals surface area contributed by atoms with E-state index in [0.29, 0.717) is 6.54 Å². The van der Waals surface area contributed by atoms with Crippen LogP contribution in [0.2, 0.25) is 0 Å². The lowest BCUT2D eigenvalue weighted by Gasteiger charge is -2.30. The van der Waals surface area contributed by atoms with Crippen molar-refractivity contribution < 1.29 is 4.79 Å². The molecule has 0 atom stereocenters. The Hall–Kier alpha value is -0.810. The Morgan fingerprint density at radius 3 is 2.27 bits per heavy atom. The summed E-state index contributed by atoms with van der Waals surface area (Å²) in [6.45, 7) is 6.37. The quantitative estimate of drug-likeness (QED) is 0.859. The molecule has 1 amide bonds. The summed E-state index contributed by atoms with van der Waals surface area (Å²) in [5.41, 5.74) is 7.71. The highest BCUT2D eigenvalue weighted by Crippen LogP contribution is 2.18. The zero-order valence-electron chi connectivity index (χ0n) is 13.1. The minimum absolute atomic E-state index is 0. The molecule has 2 rings (SSSR count). The Bertz CT molecular complexity index is 432. The van der Waals surface area contributed by atoms with E-state index in [1.807, 2.05) is 0 Å². The number of amides is 1. The second-order valence-corrected chi connectivity index (χ2v) is 5.76. The van der Waals surface area contributed by atoms with Crippen LogP contribution >= 0.6 is 24.8 Å². The van der Waals surface area contributed by atoms with Crippen molar-refractivity contribution >= 4 is 30.7 Å². The van der Waals surface area contributed by atoms with Crippen molar-refractivity contribution in [3.8, 4) is 0 Å². The maximum absolute atomic E-state index is 11.1. The standard InChI is InChI=1S/C16H25N3O.2ClH/c1-13-6-8-19(9-7-13)12-15-4-2-14(3-5-15)11-18-16(20)10-17;;/h2-5,13H,6-12,17H2,1H3,(H,18,20);2*1H. The topological polar surface area (TPSA) is 58.4 Å². The highest BCUT2D eigenvalue weighted by atomic mass is 35.5. The fourth-order valence-corrected chi connectivity index (χ4v) is 2.51. The minimum Gasteiger partial charge on any atom is -0.351 e. The lowest BCUT2D eigenvalue weighted by molar-refractivity contribution is -0.119. The first kappa shape index (κ1) is 21.2. The highest BCUT2D eigenvalue weighted by molar-refractivity contribution is 5.85. The molecule has 1 aliphatic rings. The highest BCUT2D eigenvalue weighted by Gasteiger charge is 2.15. The van der Waals surface area contributed by atoms with Crippen LogP contribution in [0.4, 0.5) is 0 Å². The second-order valence-electron chi connectivity index (χ2n) is 5.76. The van der Waals surface area contributed by atoms with E-state index in [4.69, 9.17) is 5.73 Å². The third-order valence-corrected chi connectivity index (χ3v) is 3.98. The molecular formula is C16H27Cl2N3O. The van der Waals surface area contributed by atoms with Crippen LogP contribution in [-0.4, -0.2) is 30.4 Å². The summed E-state index contributed by atoms with van der Waals surface area (Å²) in [4.78, 5) is 13.6. The lowest BCUT2D eigenvalue weighted by atomic mass is 9.99. The number of likely N-dealkylation sites (tertiary alicyclic amines) is 1. The van der Waals surface area contributed by atoms with Gasteiger partial charge >= 0.3 is 0 Å². The molecule has 1 saturated heterocycles. The molecule has 1 fully saturated rings. The van der Waals surface area contributed by atoms with E-state index in [0.717, 1.165) is 18.0 Å². The molecule has 0 aromatic heterocycles. The second kappa shape index (κ2) is 10.8. The fourth-order valence-electron chi connectivity index (χ4n) is 2.51. The van der Waals surface area contributed by atoms with Gasteiger partial charge in [0.05, 0.1) is 6.54 Å². The Balaban J connectivity index is 0.00000220. The number of carbonyl (C=O) groups excluding carboxylic acids is 1. The van der Waals surface area contributed by atoms with E-state index in [2.05, 4.69) is 41.4 Å². The first-order chi connectivity index (χ1) is 9.67. The van der Waals surface area contributed by atoms with Crippen LogP contribution in [0.3, 0.4) is 0 Å². The number of carbonyl (C=O) groups is 1. The van der Waals surface area contributed by atoms with E-state index in [9.17, 15) is 4.79 Å². The molecule has 0 aliphatic carbocycles. The van der Waals surface area contributed by atoms with E-state index in [1.54, 1.807) is 0 Å². The molecule has 0 saturated carbocycles. The first-order valence-corrected chi connectivity index (χ1v) is 7.44. The van der Waals surface area contributed by atoms with Gasteiger partial charge in [0.1, 0.15) is 0 Å². The van der Waals surface area contributed by atoms with E-state index >= 15 is 0 Å². The monoisotopic (exact) mass is 347 g/mol. The minimum atomic E-state index is -0.114. The zero-order chi connectivity index (χ0) is 14.4.